The number of rotatable bonds is 2. The van der Waals surface area contributed by atoms with Crippen molar-refractivity contribution in [1.29, 1.82) is 0 Å². The molecule has 6 aromatic carbocycles. The lowest BCUT2D eigenvalue weighted by Gasteiger charge is -2.14. The maximum atomic E-state index is 13.0. The largest absolute Gasteiger partial charge is 0.467 e. The molecule has 1 heterocycles. The van der Waals surface area contributed by atoms with Gasteiger partial charge in [-0.2, -0.15) is 0 Å². The van der Waals surface area contributed by atoms with E-state index in [4.69, 9.17) is 19.5 Å². The van der Waals surface area contributed by atoms with Crippen LogP contribution in [0, 0.1) is 0 Å². The summed E-state index contributed by atoms with van der Waals surface area (Å²) in [6.45, 7) is 0.715. The molecule has 0 radical (unpaired) electrons. The van der Waals surface area contributed by atoms with Crippen LogP contribution in [0.15, 0.2) is 117 Å². The molecule has 316 valence electrons. The monoisotopic (exact) mass is 830 g/mol. The zero-order chi connectivity index (χ0) is 43.3. The number of ether oxygens (including phenoxy) is 2. The number of aliphatic imine (C=N–C) groups is 4. The number of carbonyl (C=O) groups excluding carboxylic acids is 4. The number of nitrogens with one attached hydrogen (secondary N) is 2. The van der Waals surface area contributed by atoms with Gasteiger partial charge in [-0.3, -0.25) is 29.6 Å². The van der Waals surface area contributed by atoms with Crippen LogP contribution in [0.5, 0.6) is 0 Å². The first-order valence-electron chi connectivity index (χ1n) is 21.0. The summed E-state index contributed by atoms with van der Waals surface area (Å²) in [6, 6.07) is 30.2. The Kier molecular flexibility index (Phi) is 14.5. The molecule has 0 aromatic heterocycles. The summed E-state index contributed by atoms with van der Waals surface area (Å²) in [6.07, 6.45) is 10.4. The van der Waals surface area contributed by atoms with Crippen LogP contribution in [0.4, 0.5) is 0 Å². The van der Waals surface area contributed by atoms with Gasteiger partial charge in [-0.15, -0.1) is 0 Å². The summed E-state index contributed by atoms with van der Waals surface area (Å²) < 4.78 is 10.3. The number of hydrogen-bond donors (Lipinski definition) is 2. The van der Waals surface area contributed by atoms with E-state index in [9.17, 15) is 19.2 Å². The van der Waals surface area contributed by atoms with Gasteiger partial charge < -0.3 is 20.1 Å². The quantitative estimate of drug-likeness (QED) is 0.137. The Hall–Kier alpha value is -7.08. The van der Waals surface area contributed by atoms with Gasteiger partial charge in [0.2, 0.25) is 11.8 Å². The van der Waals surface area contributed by atoms with E-state index in [0.29, 0.717) is 51.6 Å². The first-order chi connectivity index (χ1) is 30.4. The number of esters is 2. The Labute approximate surface area is 360 Å². The second-order valence-corrected chi connectivity index (χ2v) is 15.1. The minimum absolute atomic E-state index is 0.0576. The van der Waals surface area contributed by atoms with Crippen molar-refractivity contribution in [2.45, 2.75) is 50.6 Å². The number of benzene rings is 6. The molecular weight excluding hydrogens is 781 g/mol. The fraction of sp³-hybridized carbons (Fsp3) is 0.280. The van der Waals surface area contributed by atoms with Crippen LogP contribution < -0.4 is 10.6 Å². The molecule has 0 saturated heterocycles. The summed E-state index contributed by atoms with van der Waals surface area (Å²) in [5.41, 5.74) is 3.46. The molecule has 7 rings (SSSR count). The molecule has 2 amide bonds. The van der Waals surface area contributed by atoms with Crippen molar-refractivity contribution in [2.24, 2.45) is 20.0 Å². The number of methoxy groups -OCH3 is 2. The van der Waals surface area contributed by atoms with Crippen LogP contribution in [0.25, 0.3) is 43.1 Å². The number of nitrogens with zero attached hydrogens (tertiary/aromatic N) is 4. The lowest BCUT2D eigenvalue weighted by atomic mass is 9.92. The van der Waals surface area contributed by atoms with E-state index in [-0.39, 0.29) is 24.9 Å². The number of carbonyl (C=O) groups is 4. The Balaban J connectivity index is 1.18. The summed E-state index contributed by atoms with van der Waals surface area (Å²) in [5.74, 6) is -1.29. The molecule has 0 aliphatic carbocycles. The van der Waals surface area contributed by atoms with E-state index in [1.54, 1.807) is 24.9 Å². The maximum absolute atomic E-state index is 13.0. The second-order valence-electron chi connectivity index (χ2n) is 15.1. The highest BCUT2D eigenvalue weighted by Gasteiger charge is 2.20. The number of hydrogen-bond acceptors (Lipinski definition) is 10. The van der Waals surface area contributed by atoms with Gasteiger partial charge in [0.25, 0.3) is 0 Å². The number of fused-ring (bicyclic) bond motifs is 6. The lowest BCUT2D eigenvalue weighted by Crippen LogP contribution is -2.27. The van der Waals surface area contributed by atoms with Gasteiger partial charge in [-0.05, 0) is 81.6 Å². The van der Waals surface area contributed by atoms with Crippen LogP contribution in [-0.4, -0.2) is 101 Å². The van der Waals surface area contributed by atoms with Crippen molar-refractivity contribution >= 4 is 91.7 Å². The first kappa shape index (κ1) is 43.0. The molecular formula is C50H50N6O6. The SMILES string of the molecule is COC(=O)[C@@H]1CCCCNC(=O)CN=Cc2c3ccccc3c(c3ccccc23)C=N[C@H](C(=O)OC)CCCCNC(=O)CN=Cc2c3ccccc3c(c3ccccc23)C=N1. The van der Waals surface area contributed by atoms with Gasteiger partial charge in [0, 0.05) is 60.2 Å². The molecule has 0 unspecified atom stereocenters. The highest BCUT2D eigenvalue weighted by Crippen LogP contribution is 2.33. The average molecular weight is 831 g/mol. The molecule has 2 atom stereocenters. The standard InChI is InChI=1S/C50H50N6O6/c1-61-49(59)45-23-11-13-25-53-47(57)31-52-28-42-35-17-5-9-21-39(35)44(40-22-10-6-18-36(40)42)30-56-46(50(60)62-2)24-12-14-26-54-48(58)32-51-27-41-33-15-3-7-19-37(33)43(29-55-45)38-20-8-4-16-34(38)41/h3-10,15-22,27-30,45-46H,11-14,23-26,31-32H2,1-2H3,(H,53,57)(H,54,58)/t45-,46-/m0/s1. The average Bonchev–Trinajstić information content (AvgIpc) is 3.30. The normalized spacial score (nSPS) is 17.7. The van der Waals surface area contributed by atoms with Crippen molar-refractivity contribution in [1.82, 2.24) is 10.6 Å². The fourth-order valence-electron chi connectivity index (χ4n) is 7.99. The predicted octanol–water partition coefficient (Wildman–Crippen LogP) is 7.35. The van der Waals surface area contributed by atoms with E-state index < -0.39 is 24.0 Å². The predicted molar refractivity (Wildman–Crippen MR) is 248 cm³/mol. The highest BCUT2D eigenvalue weighted by atomic mass is 16.5. The highest BCUT2D eigenvalue weighted by molar-refractivity contribution is 6.22. The molecule has 12 nitrogen and oxygen atoms in total. The summed E-state index contributed by atoms with van der Waals surface area (Å²) in [4.78, 5) is 70.5. The van der Waals surface area contributed by atoms with Gasteiger partial charge in [-0.25, -0.2) is 9.59 Å². The van der Waals surface area contributed by atoms with E-state index >= 15 is 0 Å². The molecule has 6 aromatic rings. The first-order valence-corrected chi connectivity index (χ1v) is 21.0. The molecule has 2 N–H and O–H groups in total. The Morgan fingerprint density at radius 2 is 0.758 bits per heavy atom. The summed E-state index contributed by atoms with van der Waals surface area (Å²) in [7, 11) is 2.72. The fourth-order valence-corrected chi connectivity index (χ4v) is 7.99. The summed E-state index contributed by atoms with van der Waals surface area (Å²) in [5, 5.41) is 13.3. The smallest absolute Gasteiger partial charge is 0.330 e. The van der Waals surface area contributed by atoms with Gasteiger partial charge in [0.15, 0.2) is 0 Å². The minimum atomic E-state index is -0.733. The van der Waals surface area contributed by atoms with Gasteiger partial charge in [0.1, 0.15) is 25.2 Å². The van der Waals surface area contributed by atoms with E-state index in [1.807, 2.05) is 97.1 Å². The summed E-state index contributed by atoms with van der Waals surface area (Å²) >= 11 is 0. The van der Waals surface area contributed by atoms with E-state index in [1.165, 1.54) is 14.2 Å². The third-order valence-electron chi connectivity index (χ3n) is 11.1. The van der Waals surface area contributed by atoms with E-state index in [0.717, 1.165) is 65.3 Å². The van der Waals surface area contributed by atoms with Crippen molar-refractivity contribution < 1.29 is 28.7 Å². The second kappa shape index (κ2) is 20.9. The zero-order valence-corrected chi connectivity index (χ0v) is 35.0. The van der Waals surface area contributed by atoms with Crippen molar-refractivity contribution in [3.8, 4) is 0 Å². The Bertz CT molecular complexity index is 2440. The zero-order valence-electron chi connectivity index (χ0n) is 35.0. The molecule has 0 saturated carbocycles. The molecule has 0 fully saturated rings. The third kappa shape index (κ3) is 10.1. The topological polar surface area (TPSA) is 160 Å². The van der Waals surface area contributed by atoms with Gasteiger partial charge in [0.05, 0.1) is 14.2 Å². The lowest BCUT2D eigenvalue weighted by molar-refractivity contribution is -0.143. The molecule has 62 heavy (non-hydrogen) atoms. The van der Waals surface area contributed by atoms with Crippen LogP contribution in [0.3, 0.4) is 0 Å². The van der Waals surface area contributed by atoms with Gasteiger partial charge in [-0.1, -0.05) is 97.1 Å². The van der Waals surface area contributed by atoms with Crippen LogP contribution in [0.1, 0.15) is 60.8 Å². The molecule has 1 aliphatic rings. The van der Waals surface area contributed by atoms with Crippen LogP contribution in [-0.2, 0) is 28.7 Å². The van der Waals surface area contributed by atoms with Crippen LogP contribution >= 0.6 is 0 Å². The molecule has 12 heteroatoms. The van der Waals surface area contributed by atoms with E-state index in [2.05, 4.69) is 20.6 Å². The van der Waals surface area contributed by atoms with Crippen molar-refractivity contribution in [3.05, 3.63) is 119 Å². The van der Waals surface area contributed by atoms with Crippen molar-refractivity contribution in [3.63, 3.8) is 0 Å². The van der Waals surface area contributed by atoms with Crippen molar-refractivity contribution in [2.75, 3.05) is 40.4 Å². The number of amides is 2. The Morgan fingerprint density at radius 1 is 0.468 bits per heavy atom. The molecule has 1 aliphatic heterocycles. The Morgan fingerprint density at radius 3 is 1.05 bits per heavy atom. The molecule has 4 bridgehead atoms. The third-order valence-corrected chi connectivity index (χ3v) is 11.1. The molecule has 0 spiro atoms. The van der Waals surface area contributed by atoms with Crippen LogP contribution in [0.2, 0.25) is 0 Å². The van der Waals surface area contributed by atoms with Gasteiger partial charge >= 0.3 is 11.9 Å². The maximum Gasteiger partial charge on any atom is 0.330 e. The minimum Gasteiger partial charge on any atom is -0.467 e.